The van der Waals surface area contributed by atoms with Gasteiger partial charge in [-0.2, -0.15) is 0 Å². The molecule has 104 valence electrons. The Balaban J connectivity index is 2.21. The summed E-state index contributed by atoms with van der Waals surface area (Å²) in [5.74, 6) is -0.675. The summed E-state index contributed by atoms with van der Waals surface area (Å²) in [5.41, 5.74) is 0.812. The van der Waals surface area contributed by atoms with Crippen molar-refractivity contribution in [2.24, 2.45) is 0 Å². The van der Waals surface area contributed by atoms with Crippen molar-refractivity contribution in [1.29, 1.82) is 0 Å². The molecule has 0 heterocycles. The fraction of sp³-hybridized carbons (Fsp3) is 0.429. The summed E-state index contributed by atoms with van der Waals surface area (Å²) >= 11 is 0. The number of unbranched alkanes of at least 4 members (excludes halogenated alkanes) is 1. The Labute approximate surface area is 112 Å². The summed E-state index contributed by atoms with van der Waals surface area (Å²) in [4.78, 5) is 22.7. The van der Waals surface area contributed by atoms with Gasteiger partial charge >= 0.3 is 0 Å². The summed E-state index contributed by atoms with van der Waals surface area (Å²) in [5, 5.41) is 5.21. The van der Waals surface area contributed by atoms with E-state index in [-0.39, 0.29) is 24.2 Å². The molecule has 0 aliphatic rings. The highest BCUT2D eigenvalue weighted by Gasteiger charge is 2.04. The molecule has 2 amide bonds. The lowest BCUT2D eigenvalue weighted by atomic mass is 10.2. The third-order valence-corrected chi connectivity index (χ3v) is 2.61. The number of nitrogens with one attached hydrogen (secondary N) is 2. The van der Waals surface area contributed by atoms with Crippen LogP contribution in [-0.4, -0.2) is 18.4 Å². The molecule has 4 nitrogen and oxygen atoms in total. The van der Waals surface area contributed by atoms with Crippen LogP contribution in [0.1, 0.15) is 31.7 Å². The zero-order valence-corrected chi connectivity index (χ0v) is 11.0. The van der Waals surface area contributed by atoms with Crippen LogP contribution in [0.3, 0.4) is 0 Å². The molecule has 0 saturated carbocycles. The average Bonchev–Trinajstić information content (AvgIpc) is 2.42. The molecule has 0 unspecified atom stereocenters. The first kappa shape index (κ1) is 15.1. The second-order valence-corrected chi connectivity index (χ2v) is 4.28. The molecule has 0 aromatic heterocycles. The average molecular weight is 266 g/mol. The van der Waals surface area contributed by atoms with Crippen LogP contribution in [0.15, 0.2) is 24.3 Å². The monoisotopic (exact) mass is 266 g/mol. The molecule has 0 radical (unpaired) electrons. The number of amides is 2. The highest BCUT2D eigenvalue weighted by Crippen LogP contribution is 2.01. The Bertz CT molecular complexity index is 418. The summed E-state index contributed by atoms with van der Waals surface area (Å²) < 4.78 is 12.7. The molecule has 1 rings (SSSR count). The van der Waals surface area contributed by atoms with E-state index in [1.54, 1.807) is 12.1 Å². The molecule has 19 heavy (non-hydrogen) atoms. The van der Waals surface area contributed by atoms with Crippen LogP contribution in [0, 0.1) is 5.82 Å². The van der Waals surface area contributed by atoms with E-state index in [2.05, 4.69) is 10.6 Å². The maximum atomic E-state index is 12.7. The summed E-state index contributed by atoms with van der Waals surface area (Å²) in [6, 6.07) is 5.90. The molecule has 1 aromatic rings. The van der Waals surface area contributed by atoms with Crippen LogP contribution < -0.4 is 10.6 Å². The molecule has 1 aromatic carbocycles. The van der Waals surface area contributed by atoms with Gasteiger partial charge in [-0.1, -0.05) is 25.5 Å². The zero-order valence-electron chi connectivity index (χ0n) is 11.0. The molecular weight excluding hydrogens is 247 g/mol. The Morgan fingerprint density at radius 2 is 1.79 bits per heavy atom. The van der Waals surface area contributed by atoms with Crippen molar-refractivity contribution in [2.45, 2.75) is 32.7 Å². The lowest BCUT2D eigenvalue weighted by Gasteiger charge is -2.07. The van der Waals surface area contributed by atoms with Crippen molar-refractivity contribution >= 4 is 11.8 Å². The first-order valence-electron chi connectivity index (χ1n) is 6.39. The predicted molar refractivity (Wildman–Crippen MR) is 70.8 cm³/mol. The number of carbonyl (C=O) groups excluding carboxylic acids is 2. The van der Waals surface area contributed by atoms with Gasteiger partial charge < -0.3 is 10.6 Å². The second kappa shape index (κ2) is 8.24. The van der Waals surface area contributed by atoms with E-state index in [0.29, 0.717) is 13.0 Å². The number of benzene rings is 1. The van der Waals surface area contributed by atoms with E-state index in [9.17, 15) is 14.0 Å². The highest BCUT2D eigenvalue weighted by molar-refractivity contribution is 5.84. The zero-order chi connectivity index (χ0) is 14.1. The van der Waals surface area contributed by atoms with E-state index in [4.69, 9.17) is 0 Å². The van der Waals surface area contributed by atoms with Gasteiger partial charge in [0, 0.05) is 13.0 Å². The normalized spacial score (nSPS) is 10.0. The summed E-state index contributed by atoms with van der Waals surface area (Å²) in [7, 11) is 0. The predicted octanol–water partition coefficient (Wildman–Crippen LogP) is 1.75. The molecule has 0 bridgehead atoms. The van der Waals surface area contributed by atoms with Crippen molar-refractivity contribution < 1.29 is 14.0 Å². The second-order valence-electron chi connectivity index (χ2n) is 4.28. The van der Waals surface area contributed by atoms with Crippen LogP contribution in [-0.2, 0) is 16.1 Å². The maximum absolute atomic E-state index is 12.7. The Morgan fingerprint density at radius 1 is 1.11 bits per heavy atom. The molecule has 5 heteroatoms. The minimum Gasteiger partial charge on any atom is -0.350 e. The Morgan fingerprint density at radius 3 is 2.42 bits per heavy atom. The maximum Gasteiger partial charge on any atom is 0.239 e. The Hall–Kier alpha value is -1.91. The van der Waals surface area contributed by atoms with Crippen LogP contribution in [0.4, 0.5) is 4.39 Å². The first-order chi connectivity index (χ1) is 9.11. The Kier molecular flexibility index (Phi) is 6.57. The number of rotatable bonds is 7. The third-order valence-electron chi connectivity index (χ3n) is 2.61. The van der Waals surface area contributed by atoms with E-state index in [1.807, 2.05) is 6.92 Å². The third kappa shape index (κ3) is 6.55. The van der Waals surface area contributed by atoms with Crippen molar-refractivity contribution in [2.75, 3.05) is 6.54 Å². The lowest BCUT2D eigenvalue weighted by Crippen LogP contribution is -2.36. The molecule has 0 aliphatic heterocycles. The van der Waals surface area contributed by atoms with Gasteiger partial charge in [-0.15, -0.1) is 0 Å². The molecule has 0 atom stereocenters. The summed E-state index contributed by atoms with van der Waals surface area (Å²) in [6.45, 7) is 2.30. The molecule has 0 saturated heterocycles. The van der Waals surface area contributed by atoms with Gasteiger partial charge in [0.25, 0.3) is 0 Å². The highest BCUT2D eigenvalue weighted by atomic mass is 19.1. The van der Waals surface area contributed by atoms with Crippen LogP contribution in [0.5, 0.6) is 0 Å². The molecule has 2 N–H and O–H groups in total. The van der Waals surface area contributed by atoms with E-state index in [1.165, 1.54) is 12.1 Å². The standard InChI is InChI=1S/C14H19FN2O2/c1-2-3-4-13(18)17-10-14(19)16-9-11-5-7-12(15)8-6-11/h5-8H,2-4,9-10H2,1H3,(H,16,19)(H,17,18). The molecule has 0 aliphatic carbocycles. The van der Waals surface area contributed by atoms with Crippen molar-refractivity contribution in [3.05, 3.63) is 35.6 Å². The van der Waals surface area contributed by atoms with Gasteiger partial charge in [0.05, 0.1) is 6.54 Å². The minimum atomic E-state index is -0.307. The largest absolute Gasteiger partial charge is 0.350 e. The fourth-order valence-corrected chi connectivity index (χ4v) is 1.47. The topological polar surface area (TPSA) is 58.2 Å². The number of halogens is 1. The van der Waals surface area contributed by atoms with Crippen molar-refractivity contribution in [3.63, 3.8) is 0 Å². The molecule has 0 spiro atoms. The van der Waals surface area contributed by atoms with Crippen LogP contribution in [0.2, 0.25) is 0 Å². The van der Waals surface area contributed by atoms with Crippen LogP contribution in [0.25, 0.3) is 0 Å². The van der Waals surface area contributed by atoms with Gasteiger partial charge in [-0.3, -0.25) is 9.59 Å². The smallest absolute Gasteiger partial charge is 0.239 e. The minimum absolute atomic E-state index is 0.0241. The van der Waals surface area contributed by atoms with Crippen LogP contribution >= 0.6 is 0 Å². The van der Waals surface area contributed by atoms with Crippen molar-refractivity contribution in [1.82, 2.24) is 10.6 Å². The van der Waals surface area contributed by atoms with E-state index >= 15 is 0 Å². The molecule has 0 fully saturated rings. The lowest BCUT2D eigenvalue weighted by molar-refractivity contribution is -0.126. The van der Waals surface area contributed by atoms with E-state index in [0.717, 1.165) is 18.4 Å². The summed E-state index contributed by atoms with van der Waals surface area (Å²) in [6.07, 6.45) is 2.22. The number of hydrogen-bond acceptors (Lipinski definition) is 2. The van der Waals surface area contributed by atoms with Crippen molar-refractivity contribution in [3.8, 4) is 0 Å². The number of hydrogen-bond donors (Lipinski definition) is 2. The van der Waals surface area contributed by atoms with E-state index < -0.39 is 0 Å². The first-order valence-corrected chi connectivity index (χ1v) is 6.39. The van der Waals surface area contributed by atoms with Gasteiger partial charge in [-0.25, -0.2) is 4.39 Å². The van der Waals surface area contributed by atoms with Gasteiger partial charge in [0.15, 0.2) is 0 Å². The quantitative estimate of drug-likeness (QED) is 0.790. The molecular formula is C14H19FN2O2. The SMILES string of the molecule is CCCCC(=O)NCC(=O)NCc1ccc(F)cc1. The number of carbonyl (C=O) groups is 2. The van der Waals surface area contributed by atoms with Gasteiger partial charge in [-0.05, 0) is 24.1 Å². The van der Waals surface area contributed by atoms with Gasteiger partial charge in [0.1, 0.15) is 5.82 Å². The fourth-order valence-electron chi connectivity index (χ4n) is 1.47. The van der Waals surface area contributed by atoms with Gasteiger partial charge in [0.2, 0.25) is 11.8 Å².